The normalized spacial score (nSPS) is 11.0. The first-order chi connectivity index (χ1) is 15.6. The van der Waals surface area contributed by atoms with Crippen LogP contribution in [0.25, 0.3) is 0 Å². The number of carbonyl (C=O) groups excluding carboxylic acids is 2. The zero-order chi connectivity index (χ0) is 24.2. The quantitative estimate of drug-likeness (QED) is 0.545. The summed E-state index contributed by atoms with van der Waals surface area (Å²) < 4.78 is 58.5. The Labute approximate surface area is 185 Å². The largest absolute Gasteiger partial charge is 0.424 e. The second-order valence-corrected chi connectivity index (χ2v) is 6.59. The predicted octanol–water partition coefficient (Wildman–Crippen LogP) is 4.45. The zero-order valence-corrected chi connectivity index (χ0v) is 17.3. The highest BCUT2D eigenvalue weighted by molar-refractivity contribution is 6.01. The molecule has 1 aromatic heterocycles. The first-order valence-electron chi connectivity index (χ1n) is 9.33. The van der Waals surface area contributed by atoms with E-state index in [0.717, 1.165) is 29.2 Å². The number of anilines is 2. The van der Waals surface area contributed by atoms with Crippen molar-refractivity contribution in [2.24, 2.45) is 0 Å². The number of hydrogen-bond acceptors (Lipinski definition) is 5. The molecule has 0 aliphatic heterocycles. The highest BCUT2D eigenvalue weighted by atomic mass is 19.4. The van der Waals surface area contributed by atoms with Crippen molar-refractivity contribution in [2.75, 3.05) is 24.3 Å². The summed E-state index contributed by atoms with van der Waals surface area (Å²) in [6, 6.07) is 7.79. The molecule has 8 nitrogen and oxygen atoms in total. The summed E-state index contributed by atoms with van der Waals surface area (Å²) in [4.78, 5) is 32.9. The van der Waals surface area contributed by atoms with Crippen LogP contribution in [0.4, 0.5) is 33.7 Å². The summed E-state index contributed by atoms with van der Waals surface area (Å²) in [6.07, 6.45) is -3.28. The molecule has 0 saturated carbocycles. The summed E-state index contributed by atoms with van der Waals surface area (Å²) in [5.41, 5.74) is -1.24. The maximum atomic E-state index is 14.4. The molecule has 1 heterocycles. The van der Waals surface area contributed by atoms with E-state index in [1.807, 2.05) is 0 Å². The van der Waals surface area contributed by atoms with Crippen LogP contribution in [-0.4, -0.2) is 36.0 Å². The Morgan fingerprint density at radius 1 is 1.09 bits per heavy atom. The number of nitrogens with one attached hydrogen (secondary N) is 2. The van der Waals surface area contributed by atoms with Crippen molar-refractivity contribution >= 4 is 23.3 Å². The van der Waals surface area contributed by atoms with Crippen LogP contribution < -0.4 is 20.3 Å². The lowest BCUT2D eigenvalue weighted by molar-refractivity contribution is -0.137. The van der Waals surface area contributed by atoms with Crippen LogP contribution in [0.15, 0.2) is 54.7 Å². The number of urea groups is 1. The SMILES string of the molecule is CNC(=O)c1ccnc(Oc2ccc(F)c(N(C)C(=O)Nc3cccc(C(F)(F)F)c3)c2)n1. The average Bonchev–Trinajstić information content (AvgIpc) is 2.79. The number of aromatic nitrogens is 2. The number of halogens is 4. The van der Waals surface area contributed by atoms with E-state index in [9.17, 15) is 27.2 Å². The van der Waals surface area contributed by atoms with Crippen molar-refractivity contribution in [3.05, 3.63) is 71.8 Å². The molecule has 172 valence electrons. The van der Waals surface area contributed by atoms with Crippen LogP contribution in [0.3, 0.4) is 0 Å². The van der Waals surface area contributed by atoms with Gasteiger partial charge in [0.05, 0.1) is 11.3 Å². The van der Waals surface area contributed by atoms with Gasteiger partial charge in [-0.1, -0.05) is 6.07 Å². The van der Waals surface area contributed by atoms with Gasteiger partial charge in [-0.3, -0.25) is 9.69 Å². The van der Waals surface area contributed by atoms with E-state index in [1.54, 1.807) is 0 Å². The maximum Gasteiger partial charge on any atom is 0.416 e. The maximum absolute atomic E-state index is 14.4. The molecule has 3 aromatic rings. The van der Waals surface area contributed by atoms with Crippen LogP contribution in [0.2, 0.25) is 0 Å². The number of benzene rings is 2. The standard InChI is InChI=1S/C21H17F4N5O3/c1-26-18(31)16-8-9-27-19(29-16)33-14-6-7-15(22)17(11-14)30(2)20(32)28-13-5-3-4-12(10-13)21(23,24)25/h3-11H,1-2H3,(H,26,31)(H,28,32). The van der Waals surface area contributed by atoms with Gasteiger partial charge in [0.1, 0.15) is 17.3 Å². The van der Waals surface area contributed by atoms with Gasteiger partial charge in [-0.15, -0.1) is 0 Å². The van der Waals surface area contributed by atoms with Gasteiger partial charge in [-0.2, -0.15) is 18.2 Å². The van der Waals surface area contributed by atoms with Gasteiger partial charge in [0.2, 0.25) is 0 Å². The third-order valence-corrected chi connectivity index (χ3v) is 4.33. The van der Waals surface area contributed by atoms with Gasteiger partial charge in [-0.05, 0) is 36.4 Å². The van der Waals surface area contributed by atoms with E-state index >= 15 is 0 Å². The monoisotopic (exact) mass is 463 g/mol. The molecule has 2 aromatic carbocycles. The molecule has 3 amide bonds. The van der Waals surface area contributed by atoms with Crippen molar-refractivity contribution < 1.29 is 31.9 Å². The lowest BCUT2D eigenvalue weighted by Gasteiger charge is -2.20. The number of hydrogen-bond donors (Lipinski definition) is 2. The summed E-state index contributed by atoms with van der Waals surface area (Å²) in [5, 5.41) is 4.69. The number of alkyl halides is 3. The molecular weight excluding hydrogens is 446 g/mol. The van der Waals surface area contributed by atoms with E-state index in [-0.39, 0.29) is 28.8 Å². The predicted molar refractivity (Wildman–Crippen MR) is 111 cm³/mol. The van der Waals surface area contributed by atoms with Gasteiger partial charge >= 0.3 is 18.2 Å². The minimum absolute atomic E-state index is 0.0439. The zero-order valence-electron chi connectivity index (χ0n) is 17.3. The Hall–Kier alpha value is -4.22. The molecule has 0 saturated heterocycles. The van der Waals surface area contributed by atoms with Crippen LogP contribution >= 0.6 is 0 Å². The highest BCUT2D eigenvalue weighted by Gasteiger charge is 2.30. The van der Waals surface area contributed by atoms with Gasteiger partial charge in [0.25, 0.3) is 5.91 Å². The third-order valence-electron chi connectivity index (χ3n) is 4.33. The van der Waals surface area contributed by atoms with E-state index in [0.29, 0.717) is 0 Å². The molecule has 0 radical (unpaired) electrons. The molecule has 0 bridgehead atoms. The summed E-state index contributed by atoms with van der Waals surface area (Å²) >= 11 is 0. The Bertz CT molecular complexity index is 1190. The Kier molecular flexibility index (Phi) is 6.75. The van der Waals surface area contributed by atoms with E-state index < -0.39 is 29.5 Å². The second-order valence-electron chi connectivity index (χ2n) is 6.59. The topological polar surface area (TPSA) is 96.5 Å². The fourth-order valence-corrected chi connectivity index (χ4v) is 2.65. The smallest absolute Gasteiger partial charge is 0.416 e. The second kappa shape index (κ2) is 9.51. The van der Waals surface area contributed by atoms with Gasteiger partial charge in [0, 0.05) is 32.0 Å². The fraction of sp³-hybridized carbons (Fsp3) is 0.143. The summed E-state index contributed by atoms with van der Waals surface area (Å²) in [5.74, 6) is -1.20. The molecule has 0 fully saturated rings. The van der Waals surface area contributed by atoms with Crippen molar-refractivity contribution in [3.63, 3.8) is 0 Å². The molecule has 0 atom stereocenters. The Morgan fingerprint density at radius 3 is 2.55 bits per heavy atom. The van der Waals surface area contributed by atoms with Crippen molar-refractivity contribution in [1.29, 1.82) is 0 Å². The van der Waals surface area contributed by atoms with Crippen LogP contribution in [0.1, 0.15) is 16.1 Å². The molecule has 0 spiro atoms. The van der Waals surface area contributed by atoms with Crippen LogP contribution in [0.5, 0.6) is 11.8 Å². The lowest BCUT2D eigenvalue weighted by Crippen LogP contribution is -2.31. The number of amides is 3. The molecular formula is C21H17F4N5O3. The summed E-state index contributed by atoms with van der Waals surface area (Å²) in [7, 11) is 2.66. The Balaban J connectivity index is 1.79. The average molecular weight is 463 g/mol. The Morgan fingerprint density at radius 2 is 1.85 bits per heavy atom. The number of nitrogens with zero attached hydrogens (tertiary/aromatic N) is 3. The number of ether oxygens (including phenoxy) is 1. The van der Waals surface area contributed by atoms with Gasteiger partial charge in [-0.25, -0.2) is 14.2 Å². The number of rotatable bonds is 5. The molecule has 3 rings (SSSR count). The van der Waals surface area contributed by atoms with Crippen LogP contribution in [0, 0.1) is 5.82 Å². The molecule has 12 heteroatoms. The molecule has 0 aliphatic rings. The molecule has 33 heavy (non-hydrogen) atoms. The van der Waals surface area contributed by atoms with Crippen molar-refractivity contribution in [1.82, 2.24) is 15.3 Å². The van der Waals surface area contributed by atoms with Gasteiger partial charge in [0.15, 0.2) is 0 Å². The van der Waals surface area contributed by atoms with Gasteiger partial charge < -0.3 is 15.4 Å². The third kappa shape index (κ3) is 5.73. The van der Waals surface area contributed by atoms with E-state index in [2.05, 4.69) is 20.6 Å². The minimum atomic E-state index is -4.58. The first kappa shape index (κ1) is 23.4. The van der Waals surface area contributed by atoms with Crippen molar-refractivity contribution in [2.45, 2.75) is 6.18 Å². The van der Waals surface area contributed by atoms with E-state index in [4.69, 9.17) is 4.74 Å². The highest BCUT2D eigenvalue weighted by Crippen LogP contribution is 2.31. The number of carbonyl (C=O) groups is 2. The first-order valence-corrected chi connectivity index (χ1v) is 9.33. The molecule has 0 aliphatic carbocycles. The van der Waals surface area contributed by atoms with Crippen LogP contribution in [-0.2, 0) is 6.18 Å². The minimum Gasteiger partial charge on any atom is -0.424 e. The molecule has 2 N–H and O–H groups in total. The molecule has 0 unspecified atom stereocenters. The van der Waals surface area contributed by atoms with E-state index in [1.165, 1.54) is 44.6 Å². The van der Waals surface area contributed by atoms with Crippen molar-refractivity contribution in [3.8, 4) is 11.8 Å². The summed E-state index contributed by atoms with van der Waals surface area (Å²) in [6.45, 7) is 0. The lowest BCUT2D eigenvalue weighted by atomic mass is 10.2. The fourth-order valence-electron chi connectivity index (χ4n) is 2.65.